The molecule has 3 aromatic rings. The smallest absolute Gasteiger partial charge is 0.311 e. The molecule has 0 saturated carbocycles. The second-order valence-corrected chi connectivity index (χ2v) is 7.15. The fraction of sp³-hybridized carbons (Fsp3) is 0.333. The van der Waals surface area contributed by atoms with Crippen molar-refractivity contribution < 1.29 is 9.90 Å². The lowest BCUT2D eigenvalue weighted by molar-refractivity contribution is -0.149. The molecule has 0 spiro atoms. The molecule has 4 rings (SSSR count). The summed E-state index contributed by atoms with van der Waals surface area (Å²) in [5.74, 6) is -0.0963. The van der Waals surface area contributed by atoms with Crippen molar-refractivity contribution in [1.29, 1.82) is 0 Å². The number of anilines is 1. The average Bonchev–Trinajstić information content (AvgIpc) is 3.10. The topological polar surface area (TPSA) is 95.0 Å². The summed E-state index contributed by atoms with van der Waals surface area (Å²) in [7, 11) is 0. The number of carboxylic acid groups (broad SMARTS) is 1. The number of imidazole rings is 1. The van der Waals surface area contributed by atoms with Crippen LogP contribution >= 0.6 is 11.6 Å². The van der Waals surface area contributed by atoms with Crippen LogP contribution in [-0.4, -0.2) is 44.1 Å². The van der Waals surface area contributed by atoms with Gasteiger partial charge in [0.25, 0.3) is 0 Å². The van der Waals surface area contributed by atoms with Gasteiger partial charge in [0.05, 0.1) is 11.7 Å². The van der Waals surface area contributed by atoms with Crippen molar-refractivity contribution >= 4 is 34.6 Å². The summed E-state index contributed by atoms with van der Waals surface area (Å²) in [4.78, 5) is 30.0. The molecule has 0 aliphatic carbocycles. The largest absolute Gasteiger partial charge is 0.481 e. The number of halogens is 1. The summed E-state index contributed by atoms with van der Waals surface area (Å²) in [6, 6.07) is 7.41. The van der Waals surface area contributed by atoms with E-state index in [-0.39, 0.29) is 0 Å². The Labute approximate surface area is 155 Å². The van der Waals surface area contributed by atoms with E-state index in [9.17, 15) is 9.90 Å². The van der Waals surface area contributed by atoms with Crippen molar-refractivity contribution in [2.75, 3.05) is 18.0 Å². The van der Waals surface area contributed by atoms with Crippen LogP contribution in [0.1, 0.15) is 18.4 Å². The molecule has 0 unspecified atom stereocenters. The van der Waals surface area contributed by atoms with Crippen molar-refractivity contribution in [3.63, 3.8) is 0 Å². The predicted octanol–water partition coefficient (Wildman–Crippen LogP) is 2.92. The van der Waals surface area contributed by atoms with E-state index >= 15 is 0 Å². The van der Waals surface area contributed by atoms with Crippen LogP contribution in [0.5, 0.6) is 0 Å². The summed E-state index contributed by atoms with van der Waals surface area (Å²) in [6.07, 6.45) is 4.85. The number of aliphatic carboxylic acids is 1. The quantitative estimate of drug-likeness (QED) is 0.732. The van der Waals surface area contributed by atoms with Gasteiger partial charge in [-0.2, -0.15) is 0 Å². The van der Waals surface area contributed by atoms with Crippen LogP contribution in [0, 0.1) is 5.41 Å². The van der Waals surface area contributed by atoms with Crippen LogP contribution in [0.25, 0.3) is 11.2 Å². The highest BCUT2D eigenvalue weighted by Gasteiger charge is 2.43. The van der Waals surface area contributed by atoms with Crippen molar-refractivity contribution in [2.45, 2.75) is 19.3 Å². The van der Waals surface area contributed by atoms with Gasteiger partial charge in [-0.05, 0) is 37.0 Å². The van der Waals surface area contributed by atoms with E-state index in [1.54, 1.807) is 12.4 Å². The zero-order chi connectivity index (χ0) is 18.1. The number of nitrogens with zero attached hydrogens (tertiary/aromatic N) is 4. The minimum Gasteiger partial charge on any atom is -0.481 e. The first-order valence-electron chi connectivity index (χ1n) is 8.44. The average molecular weight is 372 g/mol. The maximum absolute atomic E-state index is 12.2. The van der Waals surface area contributed by atoms with E-state index in [2.05, 4.69) is 19.9 Å². The van der Waals surface area contributed by atoms with Crippen molar-refractivity contribution in [1.82, 2.24) is 19.9 Å². The molecule has 134 valence electrons. The van der Waals surface area contributed by atoms with Crippen LogP contribution in [0.3, 0.4) is 0 Å². The maximum atomic E-state index is 12.2. The molecule has 1 aliphatic heterocycles. The Morgan fingerprint density at radius 2 is 2.23 bits per heavy atom. The number of fused-ring (bicyclic) bond motifs is 1. The fourth-order valence-electron chi connectivity index (χ4n) is 3.74. The zero-order valence-electron chi connectivity index (χ0n) is 14.0. The number of aromatic amines is 1. The number of nitrogens with one attached hydrogen (secondary N) is 1. The fourth-order valence-corrected chi connectivity index (χ4v) is 3.95. The van der Waals surface area contributed by atoms with Crippen molar-refractivity contribution in [3.8, 4) is 0 Å². The molecule has 2 N–H and O–H groups in total. The lowest BCUT2D eigenvalue weighted by Gasteiger charge is -2.40. The van der Waals surface area contributed by atoms with Gasteiger partial charge in [0, 0.05) is 18.1 Å². The van der Waals surface area contributed by atoms with Gasteiger partial charge in [-0.3, -0.25) is 4.79 Å². The van der Waals surface area contributed by atoms with E-state index in [1.165, 1.54) is 6.33 Å². The Balaban J connectivity index is 1.68. The lowest BCUT2D eigenvalue weighted by Crippen LogP contribution is -2.49. The van der Waals surface area contributed by atoms with Crippen molar-refractivity contribution in [2.24, 2.45) is 5.41 Å². The van der Waals surface area contributed by atoms with Crippen LogP contribution < -0.4 is 4.90 Å². The molecule has 0 bridgehead atoms. The third-order valence-electron chi connectivity index (χ3n) is 4.96. The van der Waals surface area contributed by atoms with E-state index in [0.29, 0.717) is 35.9 Å². The second kappa shape index (κ2) is 6.57. The van der Waals surface area contributed by atoms with Gasteiger partial charge in [0.1, 0.15) is 11.8 Å². The minimum absolute atomic E-state index is 0.375. The van der Waals surface area contributed by atoms with Gasteiger partial charge >= 0.3 is 5.97 Å². The molecule has 3 heterocycles. The number of hydrogen-bond acceptors (Lipinski definition) is 5. The number of carboxylic acids is 1. The van der Waals surface area contributed by atoms with Gasteiger partial charge in [0.15, 0.2) is 11.5 Å². The number of carbonyl (C=O) groups is 1. The normalized spacial score (nSPS) is 20.4. The molecule has 26 heavy (non-hydrogen) atoms. The third kappa shape index (κ3) is 2.99. The molecule has 1 atom stereocenters. The molecule has 1 saturated heterocycles. The first-order valence-corrected chi connectivity index (χ1v) is 8.82. The standard InChI is InChI=1S/C18H18ClN5O2/c19-13-4-1-3-12(7-13)8-18(17(25)26)5-2-6-24(9-18)16-14-15(21-10-20-14)22-11-23-16/h1,3-4,7,10-11H,2,5-6,8-9H2,(H,25,26)(H,20,21,22,23)/t18-/m1/s1. The number of piperidine rings is 1. The Bertz CT molecular complexity index is 959. The minimum atomic E-state index is -0.889. The summed E-state index contributed by atoms with van der Waals surface area (Å²) in [6.45, 7) is 1.12. The zero-order valence-corrected chi connectivity index (χ0v) is 14.8. The molecule has 1 aromatic carbocycles. The lowest BCUT2D eigenvalue weighted by atomic mass is 9.75. The maximum Gasteiger partial charge on any atom is 0.311 e. The monoisotopic (exact) mass is 371 g/mol. The number of aromatic nitrogens is 4. The van der Waals surface area contributed by atoms with Crippen LogP contribution in [0.4, 0.5) is 5.82 Å². The highest BCUT2D eigenvalue weighted by molar-refractivity contribution is 6.30. The first kappa shape index (κ1) is 16.8. The highest BCUT2D eigenvalue weighted by atomic mass is 35.5. The first-order chi connectivity index (χ1) is 12.6. The molecule has 1 fully saturated rings. The predicted molar refractivity (Wildman–Crippen MR) is 98.4 cm³/mol. The third-order valence-corrected chi connectivity index (χ3v) is 5.20. The summed E-state index contributed by atoms with van der Waals surface area (Å²) in [5, 5.41) is 10.7. The van der Waals surface area contributed by atoms with Gasteiger partial charge in [-0.15, -0.1) is 0 Å². The molecule has 1 aliphatic rings. The van der Waals surface area contributed by atoms with Gasteiger partial charge < -0.3 is 15.0 Å². The molecular weight excluding hydrogens is 354 g/mol. The van der Waals surface area contributed by atoms with Crippen LogP contribution in [0.15, 0.2) is 36.9 Å². The van der Waals surface area contributed by atoms with Gasteiger partial charge in [0.2, 0.25) is 0 Å². The molecular formula is C18H18ClN5O2. The molecule has 7 nitrogen and oxygen atoms in total. The van der Waals surface area contributed by atoms with E-state index < -0.39 is 11.4 Å². The Morgan fingerprint density at radius 3 is 3.04 bits per heavy atom. The SMILES string of the molecule is O=C(O)[C@@]1(Cc2cccc(Cl)c2)CCCN(c2ncnc3nc[nH]c23)C1. The molecule has 0 amide bonds. The molecule has 0 radical (unpaired) electrons. The van der Waals surface area contributed by atoms with Crippen LogP contribution in [-0.2, 0) is 11.2 Å². The number of hydrogen-bond donors (Lipinski definition) is 2. The Hall–Kier alpha value is -2.67. The number of benzene rings is 1. The van der Waals surface area contributed by atoms with E-state index in [1.807, 2.05) is 23.1 Å². The Kier molecular flexibility index (Phi) is 4.24. The molecule has 2 aromatic heterocycles. The van der Waals surface area contributed by atoms with E-state index in [4.69, 9.17) is 11.6 Å². The number of H-pyrrole nitrogens is 1. The van der Waals surface area contributed by atoms with E-state index in [0.717, 1.165) is 24.0 Å². The highest BCUT2D eigenvalue weighted by Crippen LogP contribution is 2.37. The van der Waals surface area contributed by atoms with Crippen LogP contribution in [0.2, 0.25) is 5.02 Å². The van der Waals surface area contributed by atoms with Gasteiger partial charge in [-0.25, -0.2) is 15.0 Å². The number of rotatable bonds is 4. The summed E-state index contributed by atoms with van der Waals surface area (Å²) < 4.78 is 0. The van der Waals surface area contributed by atoms with Crippen molar-refractivity contribution in [3.05, 3.63) is 47.5 Å². The second-order valence-electron chi connectivity index (χ2n) is 6.72. The summed E-state index contributed by atoms with van der Waals surface area (Å²) >= 11 is 6.08. The Morgan fingerprint density at radius 1 is 1.35 bits per heavy atom. The molecule has 8 heteroatoms. The van der Waals surface area contributed by atoms with Gasteiger partial charge in [-0.1, -0.05) is 23.7 Å². The summed E-state index contributed by atoms with van der Waals surface area (Å²) in [5.41, 5.74) is 1.35.